The number of imide groups is 1. The molecule has 2 aromatic carbocycles. The summed E-state index contributed by atoms with van der Waals surface area (Å²) in [7, 11) is 1.37. The predicted molar refractivity (Wildman–Crippen MR) is 83.9 cm³/mol. The van der Waals surface area contributed by atoms with Gasteiger partial charge in [0.15, 0.2) is 0 Å². The topological polar surface area (TPSA) is 110 Å². The molecule has 0 atom stereocenters. The van der Waals surface area contributed by atoms with Gasteiger partial charge < -0.3 is 5.32 Å². The first-order chi connectivity index (χ1) is 11.4. The molecule has 0 radical (unpaired) electrons. The van der Waals surface area contributed by atoms with Crippen LogP contribution in [0, 0.1) is 10.1 Å². The third-order valence-electron chi connectivity index (χ3n) is 3.67. The van der Waals surface area contributed by atoms with Crippen molar-refractivity contribution >= 4 is 29.1 Å². The number of amides is 3. The van der Waals surface area contributed by atoms with Crippen molar-refractivity contribution in [3.05, 3.63) is 69.3 Å². The fourth-order valence-corrected chi connectivity index (χ4v) is 2.40. The van der Waals surface area contributed by atoms with Gasteiger partial charge in [0.05, 0.1) is 16.1 Å². The Bertz CT molecular complexity index is 906. The lowest BCUT2D eigenvalue weighted by Gasteiger charge is -2.06. The van der Waals surface area contributed by atoms with Gasteiger partial charge >= 0.3 is 0 Å². The van der Waals surface area contributed by atoms with Crippen LogP contribution in [0.3, 0.4) is 0 Å². The van der Waals surface area contributed by atoms with Crippen LogP contribution < -0.4 is 5.32 Å². The smallest absolute Gasteiger partial charge is 0.271 e. The normalized spacial score (nSPS) is 13.0. The summed E-state index contributed by atoms with van der Waals surface area (Å²) in [6.07, 6.45) is 0. The van der Waals surface area contributed by atoms with E-state index in [1.165, 1.54) is 49.5 Å². The largest absolute Gasteiger partial charge is 0.322 e. The lowest BCUT2D eigenvalue weighted by atomic mass is 10.1. The molecule has 8 nitrogen and oxygen atoms in total. The number of nitro groups is 1. The molecule has 1 N–H and O–H groups in total. The Morgan fingerprint density at radius 2 is 1.79 bits per heavy atom. The van der Waals surface area contributed by atoms with Gasteiger partial charge in [-0.2, -0.15) is 0 Å². The number of rotatable bonds is 3. The van der Waals surface area contributed by atoms with Gasteiger partial charge in [0.1, 0.15) is 0 Å². The Kier molecular flexibility index (Phi) is 3.57. The van der Waals surface area contributed by atoms with Crippen molar-refractivity contribution in [3.63, 3.8) is 0 Å². The Balaban J connectivity index is 1.87. The van der Waals surface area contributed by atoms with E-state index in [0.717, 1.165) is 4.90 Å². The first-order valence-electron chi connectivity index (χ1n) is 6.90. The highest BCUT2D eigenvalue weighted by Crippen LogP contribution is 2.23. The Morgan fingerprint density at radius 1 is 1.08 bits per heavy atom. The molecule has 1 heterocycles. The van der Waals surface area contributed by atoms with E-state index in [1.54, 1.807) is 0 Å². The zero-order valence-corrected chi connectivity index (χ0v) is 12.5. The fourth-order valence-electron chi connectivity index (χ4n) is 2.40. The number of anilines is 1. The number of benzene rings is 2. The number of carbonyl (C=O) groups excluding carboxylic acids is 3. The van der Waals surface area contributed by atoms with Gasteiger partial charge in [0.25, 0.3) is 23.4 Å². The summed E-state index contributed by atoms with van der Waals surface area (Å²) >= 11 is 0. The maximum absolute atomic E-state index is 12.3. The fraction of sp³-hybridized carbons (Fsp3) is 0.0625. The van der Waals surface area contributed by atoms with Crippen molar-refractivity contribution in [1.82, 2.24) is 4.90 Å². The van der Waals surface area contributed by atoms with E-state index in [-0.39, 0.29) is 28.1 Å². The minimum atomic E-state index is -0.564. The molecule has 2 aromatic rings. The van der Waals surface area contributed by atoms with Gasteiger partial charge in [-0.25, -0.2) is 0 Å². The number of hydrogen-bond acceptors (Lipinski definition) is 5. The maximum atomic E-state index is 12.3. The molecule has 0 saturated heterocycles. The van der Waals surface area contributed by atoms with Gasteiger partial charge in [-0.3, -0.25) is 29.4 Å². The standard InChI is InChI=1S/C16H11N3O5/c1-18-15(21)12-6-5-9(7-13(12)16(18)22)14(20)17-10-3-2-4-11(8-10)19(23)24/h2-8H,1H3,(H,17,20). The number of carbonyl (C=O) groups is 3. The number of hydrogen-bond donors (Lipinski definition) is 1. The Hall–Kier alpha value is -3.55. The van der Waals surface area contributed by atoms with E-state index in [1.807, 2.05) is 0 Å². The average molecular weight is 325 g/mol. The molecular formula is C16H11N3O5. The predicted octanol–water partition coefficient (Wildman–Crippen LogP) is 2.07. The molecule has 0 aromatic heterocycles. The lowest BCUT2D eigenvalue weighted by molar-refractivity contribution is -0.384. The van der Waals surface area contributed by atoms with E-state index < -0.39 is 22.6 Å². The highest BCUT2D eigenvalue weighted by molar-refractivity contribution is 6.22. The molecule has 24 heavy (non-hydrogen) atoms. The quantitative estimate of drug-likeness (QED) is 0.528. The van der Waals surface area contributed by atoms with Crippen LogP contribution >= 0.6 is 0 Å². The summed E-state index contributed by atoms with van der Waals surface area (Å²) < 4.78 is 0. The van der Waals surface area contributed by atoms with E-state index >= 15 is 0 Å². The molecule has 0 bridgehead atoms. The second-order valence-corrected chi connectivity index (χ2v) is 5.19. The van der Waals surface area contributed by atoms with Crippen LogP contribution in [0.15, 0.2) is 42.5 Å². The molecular weight excluding hydrogens is 314 g/mol. The van der Waals surface area contributed by atoms with Crippen LogP contribution in [0.4, 0.5) is 11.4 Å². The van der Waals surface area contributed by atoms with Crippen LogP contribution in [-0.2, 0) is 0 Å². The monoisotopic (exact) mass is 325 g/mol. The third kappa shape index (κ3) is 2.50. The lowest BCUT2D eigenvalue weighted by Crippen LogP contribution is -2.24. The number of nitro benzene ring substituents is 1. The summed E-state index contributed by atoms with van der Waals surface area (Å²) in [6, 6.07) is 9.69. The summed E-state index contributed by atoms with van der Waals surface area (Å²) in [6.45, 7) is 0. The molecule has 3 rings (SSSR count). The highest BCUT2D eigenvalue weighted by Gasteiger charge is 2.33. The van der Waals surface area contributed by atoms with Crippen molar-refractivity contribution in [2.24, 2.45) is 0 Å². The number of nitrogens with one attached hydrogen (secondary N) is 1. The summed E-state index contributed by atoms with van der Waals surface area (Å²) in [4.78, 5) is 47.2. The van der Waals surface area contributed by atoms with E-state index in [0.29, 0.717) is 0 Å². The van der Waals surface area contributed by atoms with Gasteiger partial charge in [-0.1, -0.05) is 6.07 Å². The van der Waals surface area contributed by atoms with Gasteiger partial charge in [-0.15, -0.1) is 0 Å². The number of nitrogens with zero attached hydrogens (tertiary/aromatic N) is 2. The zero-order valence-electron chi connectivity index (χ0n) is 12.5. The van der Waals surface area contributed by atoms with E-state index in [2.05, 4.69) is 5.32 Å². The molecule has 0 saturated carbocycles. The second kappa shape index (κ2) is 5.58. The van der Waals surface area contributed by atoms with E-state index in [4.69, 9.17) is 0 Å². The van der Waals surface area contributed by atoms with Crippen LogP contribution in [0.5, 0.6) is 0 Å². The molecule has 0 aliphatic carbocycles. The zero-order chi connectivity index (χ0) is 17.4. The van der Waals surface area contributed by atoms with Crippen molar-refractivity contribution in [2.45, 2.75) is 0 Å². The second-order valence-electron chi connectivity index (χ2n) is 5.19. The van der Waals surface area contributed by atoms with Crippen molar-refractivity contribution in [1.29, 1.82) is 0 Å². The third-order valence-corrected chi connectivity index (χ3v) is 3.67. The molecule has 1 aliphatic heterocycles. The van der Waals surface area contributed by atoms with Gasteiger partial charge in [0, 0.05) is 30.4 Å². The Morgan fingerprint density at radius 3 is 2.50 bits per heavy atom. The molecule has 1 aliphatic rings. The van der Waals surface area contributed by atoms with Gasteiger partial charge in [0.2, 0.25) is 0 Å². The number of fused-ring (bicyclic) bond motifs is 1. The van der Waals surface area contributed by atoms with Crippen LogP contribution in [0.1, 0.15) is 31.1 Å². The molecule has 8 heteroatoms. The van der Waals surface area contributed by atoms with Crippen LogP contribution in [0.25, 0.3) is 0 Å². The van der Waals surface area contributed by atoms with Crippen molar-refractivity contribution in [3.8, 4) is 0 Å². The molecule has 0 spiro atoms. The molecule has 0 fully saturated rings. The number of non-ortho nitro benzene ring substituents is 1. The minimum absolute atomic E-state index is 0.149. The minimum Gasteiger partial charge on any atom is -0.322 e. The molecule has 0 unspecified atom stereocenters. The van der Waals surface area contributed by atoms with Crippen LogP contribution in [-0.4, -0.2) is 34.6 Å². The maximum Gasteiger partial charge on any atom is 0.271 e. The Labute approximate surface area is 135 Å². The van der Waals surface area contributed by atoms with Gasteiger partial charge in [-0.05, 0) is 24.3 Å². The summed E-state index contributed by atoms with van der Waals surface area (Å²) in [5, 5.41) is 13.3. The van der Waals surface area contributed by atoms with E-state index in [9.17, 15) is 24.5 Å². The van der Waals surface area contributed by atoms with Crippen molar-refractivity contribution < 1.29 is 19.3 Å². The highest BCUT2D eigenvalue weighted by atomic mass is 16.6. The molecule has 3 amide bonds. The van der Waals surface area contributed by atoms with Crippen LogP contribution in [0.2, 0.25) is 0 Å². The first-order valence-corrected chi connectivity index (χ1v) is 6.90. The summed E-state index contributed by atoms with van der Waals surface area (Å²) in [5.41, 5.74) is 0.693. The summed E-state index contributed by atoms with van der Waals surface area (Å²) in [5.74, 6) is -1.42. The first kappa shape index (κ1) is 15.3. The van der Waals surface area contributed by atoms with Crippen molar-refractivity contribution in [2.75, 3.05) is 12.4 Å². The molecule has 120 valence electrons. The average Bonchev–Trinajstić information content (AvgIpc) is 2.79. The SMILES string of the molecule is CN1C(=O)c2ccc(C(=O)Nc3cccc([N+](=O)[O-])c3)cc2C1=O.